The Balaban J connectivity index is 1.94. The summed E-state index contributed by atoms with van der Waals surface area (Å²) < 4.78 is 0. The first-order chi connectivity index (χ1) is 20.3. The molecule has 0 aromatic heterocycles. The second-order valence-electron chi connectivity index (χ2n) is 14.5. The second-order valence-corrected chi connectivity index (χ2v) is 14.5. The molecule has 4 N–H and O–H groups in total. The monoisotopic (exact) mass is 602 g/mol. The zero-order valence-corrected chi connectivity index (χ0v) is 28.9. The van der Waals surface area contributed by atoms with Crippen molar-refractivity contribution in [2.45, 2.75) is 118 Å². The van der Waals surface area contributed by atoms with Crippen LogP contribution >= 0.6 is 0 Å². The number of rotatable bonds is 10. The first-order valence-corrected chi connectivity index (χ1v) is 15.9. The van der Waals surface area contributed by atoms with Gasteiger partial charge in [-0.2, -0.15) is 0 Å². The molecule has 4 heteroatoms. The minimum absolute atomic E-state index is 0.0115. The van der Waals surface area contributed by atoms with Gasteiger partial charge in [0.25, 0.3) is 0 Å². The van der Waals surface area contributed by atoms with Crippen LogP contribution in [-0.4, -0.2) is 43.8 Å². The molecule has 0 unspecified atom stereocenters. The zero-order valence-electron chi connectivity index (χ0n) is 28.9. The van der Waals surface area contributed by atoms with Crippen molar-refractivity contribution in [1.29, 1.82) is 0 Å². The van der Waals surface area contributed by atoms with Gasteiger partial charge in [0.05, 0.1) is 17.8 Å². The van der Waals surface area contributed by atoms with E-state index in [2.05, 4.69) is 77.2 Å². The molecule has 0 saturated heterocycles. The van der Waals surface area contributed by atoms with Crippen LogP contribution in [0.3, 0.4) is 0 Å². The van der Waals surface area contributed by atoms with Gasteiger partial charge in [-0.3, -0.25) is 0 Å². The molecule has 1 fully saturated rings. The molecule has 0 heterocycles. The standard InChI is InChI=1S/C40H58O4/c1-29(17-13-19-31(3)21-22-36-33(5)25-34(41)26-37(36,6)7)15-11-12-16-30(2)18-14-20-32(4)23-24-40(44)38(8,9)27-35(42)28-39(40,10)43/h11-24,34-35,41-44H,25-28H2,1-10H3/b12-11+,17-13+,18-14+,22-21+,24-23+,29-15+,30-16+,31-19+,32-20+/t34-,35+,39+,40-/m1/s1. The summed E-state index contributed by atoms with van der Waals surface area (Å²) in [6.07, 6.45) is 29.6. The highest BCUT2D eigenvalue weighted by Gasteiger charge is 2.58. The van der Waals surface area contributed by atoms with E-state index in [4.69, 9.17) is 0 Å². The van der Waals surface area contributed by atoms with Gasteiger partial charge < -0.3 is 20.4 Å². The molecule has 2 aliphatic rings. The molecule has 0 radical (unpaired) electrons. The van der Waals surface area contributed by atoms with Crippen LogP contribution in [0.2, 0.25) is 0 Å². The van der Waals surface area contributed by atoms with Crippen molar-refractivity contribution in [3.05, 3.63) is 119 Å². The molecule has 0 aromatic carbocycles. The lowest BCUT2D eigenvalue weighted by molar-refractivity contribution is -0.216. The van der Waals surface area contributed by atoms with Gasteiger partial charge >= 0.3 is 0 Å². The maximum absolute atomic E-state index is 11.4. The summed E-state index contributed by atoms with van der Waals surface area (Å²) in [7, 11) is 0. The van der Waals surface area contributed by atoms with E-state index < -0.39 is 22.7 Å². The predicted molar refractivity (Wildman–Crippen MR) is 187 cm³/mol. The molecule has 1 saturated carbocycles. The molecule has 0 spiro atoms. The van der Waals surface area contributed by atoms with E-state index in [0.717, 1.165) is 29.6 Å². The topological polar surface area (TPSA) is 80.9 Å². The fourth-order valence-electron chi connectivity index (χ4n) is 6.55. The Bertz CT molecular complexity index is 1300. The Morgan fingerprint density at radius 3 is 1.61 bits per heavy atom. The lowest BCUT2D eigenvalue weighted by Gasteiger charge is -2.54. The Morgan fingerprint density at radius 2 is 1.11 bits per heavy atom. The largest absolute Gasteiger partial charge is 0.393 e. The maximum Gasteiger partial charge on any atom is 0.117 e. The van der Waals surface area contributed by atoms with Crippen molar-refractivity contribution in [3.8, 4) is 0 Å². The van der Waals surface area contributed by atoms with E-state index in [1.165, 1.54) is 16.7 Å². The molecular formula is C40H58O4. The normalized spacial score (nSPS) is 31.1. The van der Waals surface area contributed by atoms with Gasteiger partial charge in [0.1, 0.15) is 5.60 Å². The highest BCUT2D eigenvalue weighted by atomic mass is 16.4. The molecule has 4 nitrogen and oxygen atoms in total. The molecule has 44 heavy (non-hydrogen) atoms. The first kappa shape index (κ1) is 37.4. The Hall–Kier alpha value is -2.76. The minimum atomic E-state index is -1.44. The lowest BCUT2D eigenvalue weighted by atomic mass is 9.57. The molecule has 2 rings (SSSR count). The molecule has 0 aliphatic heterocycles. The summed E-state index contributed by atoms with van der Waals surface area (Å²) in [6.45, 7) is 20.1. The first-order valence-electron chi connectivity index (χ1n) is 15.9. The van der Waals surface area contributed by atoms with Gasteiger partial charge in [-0.1, -0.05) is 135 Å². The molecule has 0 bridgehead atoms. The fourth-order valence-corrected chi connectivity index (χ4v) is 6.55. The molecule has 2 aliphatic carbocycles. The van der Waals surface area contributed by atoms with Gasteiger partial charge in [0.2, 0.25) is 0 Å². The van der Waals surface area contributed by atoms with Crippen molar-refractivity contribution in [2.24, 2.45) is 10.8 Å². The van der Waals surface area contributed by atoms with Crippen LogP contribution in [0.25, 0.3) is 0 Å². The molecule has 4 atom stereocenters. The van der Waals surface area contributed by atoms with Gasteiger partial charge in [0, 0.05) is 11.8 Å². The van der Waals surface area contributed by atoms with Crippen LogP contribution in [-0.2, 0) is 0 Å². The van der Waals surface area contributed by atoms with E-state index in [0.29, 0.717) is 6.42 Å². The van der Waals surface area contributed by atoms with Gasteiger partial charge in [-0.05, 0) is 77.9 Å². The molecule has 0 amide bonds. The zero-order chi connectivity index (χ0) is 33.3. The van der Waals surface area contributed by atoms with E-state index in [1.54, 1.807) is 13.0 Å². The number of aliphatic hydroxyl groups is 4. The van der Waals surface area contributed by atoms with E-state index in [9.17, 15) is 20.4 Å². The Kier molecular flexibility index (Phi) is 13.2. The summed E-state index contributed by atoms with van der Waals surface area (Å²) in [5.74, 6) is 0. The molecular weight excluding hydrogens is 544 g/mol. The summed E-state index contributed by atoms with van der Waals surface area (Å²) in [4.78, 5) is 0. The second kappa shape index (κ2) is 15.5. The van der Waals surface area contributed by atoms with Crippen LogP contribution in [0.5, 0.6) is 0 Å². The Morgan fingerprint density at radius 1 is 0.636 bits per heavy atom. The third-order valence-electron chi connectivity index (χ3n) is 9.07. The van der Waals surface area contributed by atoms with E-state index in [1.807, 2.05) is 64.2 Å². The summed E-state index contributed by atoms with van der Waals surface area (Å²) in [6, 6.07) is 0. The smallest absolute Gasteiger partial charge is 0.117 e. The van der Waals surface area contributed by atoms with Crippen molar-refractivity contribution in [3.63, 3.8) is 0 Å². The third kappa shape index (κ3) is 10.4. The molecule has 0 aromatic rings. The number of allylic oxidation sites excluding steroid dienone is 18. The van der Waals surface area contributed by atoms with E-state index in [-0.39, 0.29) is 17.9 Å². The average molecular weight is 603 g/mol. The van der Waals surface area contributed by atoms with Crippen LogP contribution in [0.1, 0.15) is 94.9 Å². The lowest BCUT2D eigenvalue weighted by Crippen LogP contribution is -2.65. The van der Waals surface area contributed by atoms with Crippen LogP contribution < -0.4 is 0 Å². The highest BCUT2D eigenvalue weighted by molar-refractivity contribution is 5.38. The van der Waals surface area contributed by atoms with Crippen LogP contribution in [0.15, 0.2) is 119 Å². The van der Waals surface area contributed by atoms with Gasteiger partial charge in [-0.15, -0.1) is 0 Å². The third-order valence-corrected chi connectivity index (χ3v) is 9.07. The maximum atomic E-state index is 11.4. The van der Waals surface area contributed by atoms with Crippen molar-refractivity contribution in [1.82, 2.24) is 0 Å². The number of hydrogen-bond acceptors (Lipinski definition) is 4. The van der Waals surface area contributed by atoms with Gasteiger partial charge in [-0.25, -0.2) is 0 Å². The van der Waals surface area contributed by atoms with Gasteiger partial charge in [0.15, 0.2) is 0 Å². The predicted octanol–water partition coefficient (Wildman–Crippen LogP) is 8.71. The SMILES string of the molecule is CC1=C(/C=C/C(C)=C/C=C/C(C)=C/C=C/C=C(C)/C=C/C=C(C)/C=C/[C@@]2(O)C(C)(C)C[C@H](O)C[C@]2(C)O)C(C)(C)C[C@H](O)C1. The highest BCUT2D eigenvalue weighted by Crippen LogP contribution is 2.50. The van der Waals surface area contributed by atoms with Crippen molar-refractivity contribution < 1.29 is 20.4 Å². The van der Waals surface area contributed by atoms with Crippen molar-refractivity contribution >= 4 is 0 Å². The van der Waals surface area contributed by atoms with E-state index >= 15 is 0 Å². The number of aliphatic hydroxyl groups excluding tert-OH is 2. The van der Waals surface area contributed by atoms with Crippen LogP contribution in [0, 0.1) is 10.8 Å². The minimum Gasteiger partial charge on any atom is -0.393 e. The number of hydrogen-bond donors (Lipinski definition) is 4. The van der Waals surface area contributed by atoms with Crippen LogP contribution in [0.4, 0.5) is 0 Å². The van der Waals surface area contributed by atoms with Crippen molar-refractivity contribution in [2.75, 3.05) is 0 Å². The summed E-state index contributed by atoms with van der Waals surface area (Å²) >= 11 is 0. The summed E-state index contributed by atoms with van der Waals surface area (Å²) in [5, 5.41) is 42.6. The summed E-state index contributed by atoms with van der Waals surface area (Å²) in [5.41, 5.74) is 3.44. The fraction of sp³-hybridized carbons (Fsp3) is 0.500. The quantitative estimate of drug-likeness (QED) is 0.189. The Labute approximate surface area is 267 Å². The average Bonchev–Trinajstić information content (AvgIpc) is 2.87. The molecule has 242 valence electrons.